The summed E-state index contributed by atoms with van der Waals surface area (Å²) in [6.07, 6.45) is 5.11. The Labute approximate surface area is 118 Å². The van der Waals surface area contributed by atoms with Crippen LogP contribution in [0.15, 0.2) is 31.0 Å². The summed E-state index contributed by atoms with van der Waals surface area (Å²) in [6, 6.07) is 3.51. The molecule has 0 amide bonds. The summed E-state index contributed by atoms with van der Waals surface area (Å²) in [5, 5.41) is 0. The molecule has 1 aromatic carbocycles. The summed E-state index contributed by atoms with van der Waals surface area (Å²) in [5.41, 5.74) is 0.778. The lowest BCUT2D eigenvalue weighted by atomic mass is 10.1. The lowest BCUT2D eigenvalue weighted by Crippen LogP contribution is -2.06. The summed E-state index contributed by atoms with van der Waals surface area (Å²) in [6.45, 7) is 4.16. The van der Waals surface area contributed by atoms with Crippen LogP contribution >= 0.6 is 0 Å². The Balaban J connectivity index is 2.98. The van der Waals surface area contributed by atoms with Gasteiger partial charge in [0.05, 0.1) is 20.5 Å². The van der Waals surface area contributed by atoms with Gasteiger partial charge in [-0.15, -0.1) is 0 Å². The van der Waals surface area contributed by atoms with Crippen LogP contribution in [0, 0.1) is 0 Å². The van der Waals surface area contributed by atoms with Crippen molar-refractivity contribution in [1.29, 1.82) is 0 Å². The minimum absolute atomic E-state index is 0.336. The summed E-state index contributed by atoms with van der Waals surface area (Å²) >= 11 is 0. The first-order chi connectivity index (χ1) is 9.76. The molecule has 5 nitrogen and oxygen atoms in total. The van der Waals surface area contributed by atoms with Crippen molar-refractivity contribution in [2.45, 2.75) is 0 Å². The van der Waals surface area contributed by atoms with Gasteiger partial charge in [-0.25, -0.2) is 0 Å². The van der Waals surface area contributed by atoms with Crippen LogP contribution in [-0.4, -0.2) is 33.7 Å². The van der Waals surface area contributed by atoms with Gasteiger partial charge >= 0.3 is 0 Å². The van der Waals surface area contributed by atoms with Crippen LogP contribution < -0.4 is 14.2 Å². The summed E-state index contributed by atoms with van der Waals surface area (Å²) in [4.78, 5) is 10.4. The van der Waals surface area contributed by atoms with Crippen LogP contribution in [0.3, 0.4) is 0 Å². The number of hydrogen-bond donors (Lipinski definition) is 0. The number of hydrogen-bond acceptors (Lipinski definition) is 5. The third kappa shape index (κ3) is 4.35. The predicted molar refractivity (Wildman–Crippen MR) is 76.3 cm³/mol. The van der Waals surface area contributed by atoms with Gasteiger partial charge in [0.2, 0.25) is 5.75 Å². The van der Waals surface area contributed by atoms with Crippen molar-refractivity contribution in [1.82, 2.24) is 0 Å². The number of aldehydes is 1. The molecule has 0 spiro atoms. The van der Waals surface area contributed by atoms with Crippen LogP contribution in [0.2, 0.25) is 0 Å². The van der Waals surface area contributed by atoms with Crippen molar-refractivity contribution in [3.63, 3.8) is 0 Å². The van der Waals surface area contributed by atoms with Crippen molar-refractivity contribution in [3.8, 4) is 17.2 Å². The predicted octanol–water partition coefficient (Wildman–Crippen LogP) is 2.45. The highest BCUT2D eigenvalue weighted by molar-refractivity contribution is 5.75. The topological polar surface area (TPSA) is 54.0 Å². The molecule has 0 radical (unpaired) electrons. The fourth-order valence-electron chi connectivity index (χ4n) is 1.56. The molecule has 0 atom stereocenters. The second-order valence-corrected chi connectivity index (χ2v) is 3.64. The highest BCUT2D eigenvalue weighted by Crippen LogP contribution is 2.38. The molecule has 0 N–H and O–H groups in total. The molecule has 0 saturated carbocycles. The monoisotopic (exact) mass is 278 g/mol. The van der Waals surface area contributed by atoms with E-state index in [-0.39, 0.29) is 0 Å². The van der Waals surface area contributed by atoms with Crippen molar-refractivity contribution in [3.05, 3.63) is 36.6 Å². The summed E-state index contributed by atoms with van der Waals surface area (Å²) in [7, 11) is 3.07. The van der Waals surface area contributed by atoms with E-state index in [4.69, 9.17) is 18.9 Å². The number of methoxy groups -OCH3 is 2. The second kappa shape index (κ2) is 8.63. The van der Waals surface area contributed by atoms with Gasteiger partial charge in [0.15, 0.2) is 11.5 Å². The molecule has 0 aliphatic heterocycles. The number of ether oxygens (including phenoxy) is 4. The van der Waals surface area contributed by atoms with E-state index in [0.29, 0.717) is 36.7 Å². The van der Waals surface area contributed by atoms with E-state index in [9.17, 15) is 4.79 Å². The number of allylic oxidation sites excluding steroid dienone is 1. The molecule has 0 bridgehead atoms. The molecule has 20 heavy (non-hydrogen) atoms. The molecule has 0 aliphatic carbocycles. The zero-order valence-corrected chi connectivity index (χ0v) is 11.6. The number of rotatable bonds is 9. The van der Waals surface area contributed by atoms with Crippen LogP contribution in [-0.2, 0) is 9.53 Å². The molecule has 0 unspecified atom stereocenters. The van der Waals surface area contributed by atoms with Gasteiger partial charge in [0, 0.05) is 0 Å². The summed E-state index contributed by atoms with van der Waals surface area (Å²) in [5.74, 6) is 1.54. The van der Waals surface area contributed by atoms with E-state index < -0.39 is 0 Å². The molecule has 0 fully saturated rings. The average Bonchev–Trinajstić information content (AvgIpc) is 2.49. The van der Waals surface area contributed by atoms with Crippen LogP contribution in [0.4, 0.5) is 0 Å². The number of benzene rings is 1. The first-order valence-electron chi connectivity index (χ1n) is 6.00. The van der Waals surface area contributed by atoms with Crippen molar-refractivity contribution in [2.75, 3.05) is 27.4 Å². The SMILES string of the molecule is C=COCCOc1c(OC)cc(/C=C/C=O)cc1OC. The van der Waals surface area contributed by atoms with E-state index in [0.717, 1.165) is 5.56 Å². The Hall–Kier alpha value is -2.43. The molecule has 1 rings (SSSR count). The fraction of sp³-hybridized carbons (Fsp3) is 0.267. The minimum Gasteiger partial charge on any atom is -0.498 e. The Morgan fingerprint density at radius 1 is 1.15 bits per heavy atom. The molecule has 1 aromatic rings. The highest BCUT2D eigenvalue weighted by atomic mass is 16.6. The van der Waals surface area contributed by atoms with E-state index in [2.05, 4.69) is 6.58 Å². The van der Waals surface area contributed by atoms with E-state index >= 15 is 0 Å². The largest absolute Gasteiger partial charge is 0.498 e. The number of carbonyl (C=O) groups is 1. The zero-order valence-electron chi connectivity index (χ0n) is 11.6. The normalized spacial score (nSPS) is 10.1. The van der Waals surface area contributed by atoms with E-state index in [1.165, 1.54) is 26.6 Å². The molecular weight excluding hydrogens is 260 g/mol. The number of carbonyl (C=O) groups excluding carboxylic acids is 1. The second-order valence-electron chi connectivity index (χ2n) is 3.64. The molecule has 0 heterocycles. The zero-order chi connectivity index (χ0) is 14.8. The van der Waals surface area contributed by atoms with Crippen LogP contribution in [0.5, 0.6) is 17.2 Å². The van der Waals surface area contributed by atoms with Gasteiger partial charge in [-0.2, -0.15) is 0 Å². The first-order valence-corrected chi connectivity index (χ1v) is 6.00. The molecule has 0 saturated heterocycles. The van der Waals surface area contributed by atoms with Crippen LogP contribution in [0.25, 0.3) is 6.08 Å². The van der Waals surface area contributed by atoms with E-state index in [1.54, 1.807) is 18.2 Å². The Kier molecular flexibility index (Phi) is 6.75. The molecular formula is C15H18O5. The van der Waals surface area contributed by atoms with Gasteiger partial charge in [-0.1, -0.05) is 12.7 Å². The van der Waals surface area contributed by atoms with E-state index in [1.807, 2.05) is 0 Å². The standard InChI is InChI=1S/C15H18O5/c1-4-19-8-9-20-15-13(17-2)10-12(6-5-7-16)11-14(15)18-3/h4-7,10-11H,1,8-9H2,2-3H3/b6-5+. The third-order valence-electron chi connectivity index (χ3n) is 2.42. The van der Waals surface area contributed by atoms with Gasteiger partial charge < -0.3 is 18.9 Å². The minimum atomic E-state index is 0.336. The molecule has 108 valence electrons. The van der Waals surface area contributed by atoms with Gasteiger partial charge in [0.1, 0.15) is 19.5 Å². The van der Waals surface area contributed by atoms with Crippen molar-refractivity contribution in [2.24, 2.45) is 0 Å². The average molecular weight is 278 g/mol. The maximum absolute atomic E-state index is 10.4. The highest BCUT2D eigenvalue weighted by Gasteiger charge is 2.13. The van der Waals surface area contributed by atoms with Gasteiger partial charge in [-0.05, 0) is 23.8 Å². The summed E-state index contributed by atoms with van der Waals surface area (Å²) < 4.78 is 21.1. The lowest BCUT2D eigenvalue weighted by Gasteiger charge is -2.15. The Morgan fingerprint density at radius 3 is 2.30 bits per heavy atom. The first kappa shape index (κ1) is 15.6. The Bertz CT molecular complexity index is 454. The van der Waals surface area contributed by atoms with Gasteiger partial charge in [-0.3, -0.25) is 4.79 Å². The smallest absolute Gasteiger partial charge is 0.203 e. The van der Waals surface area contributed by atoms with Gasteiger partial charge in [0.25, 0.3) is 0 Å². The molecule has 5 heteroatoms. The third-order valence-corrected chi connectivity index (χ3v) is 2.42. The maximum atomic E-state index is 10.4. The fourth-order valence-corrected chi connectivity index (χ4v) is 1.56. The van der Waals surface area contributed by atoms with Crippen molar-refractivity contribution >= 4 is 12.4 Å². The Morgan fingerprint density at radius 2 is 1.80 bits per heavy atom. The lowest BCUT2D eigenvalue weighted by molar-refractivity contribution is -0.104. The van der Waals surface area contributed by atoms with Crippen molar-refractivity contribution < 1.29 is 23.7 Å². The quantitative estimate of drug-likeness (QED) is 0.300. The molecule has 0 aromatic heterocycles. The molecule has 0 aliphatic rings. The maximum Gasteiger partial charge on any atom is 0.203 e. The van der Waals surface area contributed by atoms with Crippen LogP contribution in [0.1, 0.15) is 5.56 Å².